The number of hydrogen-bond acceptors (Lipinski definition) is 8. The minimum atomic E-state index is -0.532. The number of rotatable bonds is 8. The first-order valence-corrected chi connectivity index (χ1v) is 13.9. The lowest BCUT2D eigenvalue weighted by Gasteiger charge is -2.17. The Bertz CT molecular complexity index is 2080. The Morgan fingerprint density at radius 1 is 1.07 bits per heavy atom. The molecule has 4 heterocycles. The van der Waals surface area contributed by atoms with Gasteiger partial charge in [0.15, 0.2) is 11.6 Å². The summed E-state index contributed by atoms with van der Waals surface area (Å²) in [5, 5.41) is 18.1. The maximum absolute atomic E-state index is 14.0. The van der Waals surface area contributed by atoms with E-state index in [2.05, 4.69) is 36.1 Å². The number of aryl methyl sites for hydroxylation is 2. The van der Waals surface area contributed by atoms with Crippen molar-refractivity contribution in [1.29, 1.82) is 0 Å². The average molecular weight is 593 g/mol. The topological polar surface area (TPSA) is 137 Å². The lowest BCUT2D eigenvalue weighted by atomic mass is 10.1. The van der Waals surface area contributed by atoms with Gasteiger partial charge in [0.05, 0.1) is 41.9 Å². The normalized spacial score (nSPS) is 12.0. The number of likely N-dealkylation sites (N-methyl/N-ethyl adjacent to an activating group) is 1. The summed E-state index contributed by atoms with van der Waals surface area (Å²) in [6, 6.07) is 13.5. The van der Waals surface area contributed by atoms with E-state index in [1.54, 1.807) is 54.9 Å². The number of amides is 1. The van der Waals surface area contributed by atoms with E-state index in [4.69, 9.17) is 0 Å². The molecule has 12 nitrogen and oxygen atoms in total. The molecule has 0 bridgehead atoms. The average Bonchev–Trinajstić information content (AvgIpc) is 3.61. The SMILES string of the molecule is CN[C@@H](C)C(=O)Nc1ncc(-c2cccc(-c3nnnn3C)c2)n(Cc2cncc(-n3cc(C)c4cc(F)ccc43)c2)c1=O. The first-order valence-electron chi connectivity index (χ1n) is 13.9. The Kier molecular flexibility index (Phi) is 7.53. The van der Waals surface area contributed by atoms with Crippen molar-refractivity contribution in [2.24, 2.45) is 7.05 Å². The number of anilines is 1. The summed E-state index contributed by atoms with van der Waals surface area (Å²) in [6.07, 6.45) is 6.88. The van der Waals surface area contributed by atoms with Gasteiger partial charge in [0.2, 0.25) is 5.91 Å². The molecule has 13 heteroatoms. The predicted octanol–water partition coefficient (Wildman–Crippen LogP) is 3.48. The molecule has 2 N–H and O–H groups in total. The van der Waals surface area contributed by atoms with Crippen LogP contribution in [0, 0.1) is 12.7 Å². The standard InChI is InChI=1S/C31H29FN10O2/c1-18-16-41(26-9-8-23(32)12-25(18)26)24-10-20(13-34-14-24)17-42-27(15-35-28(31(42)44)36-30(43)19(2)33-3)21-6-5-7-22(11-21)29-37-38-39-40(29)4/h5-16,19,33H,17H2,1-4H3,(H,35,36,43)/t19-/m0/s1. The number of hydrogen-bond donors (Lipinski definition) is 2. The van der Waals surface area contributed by atoms with Crippen LogP contribution in [-0.4, -0.2) is 58.3 Å². The van der Waals surface area contributed by atoms with Crippen molar-refractivity contribution in [2.45, 2.75) is 26.4 Å². The Labute approximate surface area is 251 Å². The second kappa shape index (κ2) is 11.6. The highest BCUT2D eigenvalue weighted by Gasteiger charge is 2.19. The van der Waals surface area contributed by atoms with Gasteiger partial charge in [-0.1, -0.05) is 18.2 Å². The van der Waals surface area contributed by atoms with Gasteiger partial charge in [-0.15, -0.1) is 5.10 Å². The van der Waals surface area contributed by atoms with Crippen LogP contribution in [0.4, 0.5) is 10.2 Å². The minimum absolute atomic E-state index is 0.0901. The number of aromatic nitrogens is 8. The second-order valence-electron chi connectivity index (χ2n) is 10.5. The Morgan fingerprint density at radius 3 is 2.66 bits per heavy atom. The Morgan fingerprint density at radius 2 is 1.89 bits per heavy atom. The maximum atomic E-state index is 14.0. The van der Waals surface area contributed by atoms with Crippen molar-refractivity contribution in [3.8, 4) is 28.3 Å². The van der Waals surface area contributed by atoms with E-state index in [-0.39, 0.29) is 24.1 Å². The Hall–Kier alpha value is -5.56. The van der Waals surface area contributed by atoms with Crippen molar-refractivity contribution < 1.29 is 9.18 Å². The largest absolute Gasteiger partial charge is 0.315 e. The summed E-state index contributed by atoms with van der Waals surface area (Å²) in [7, 11) is 3.40. The highest BCUT2D eigenvalue weighted by atomic mass is 19.1. The van der Waals surface area contributed by atoms with E-state index in [1.807, 2.05) is 48.0 Å². The number of carbonyl (C=O) groups is 1. The minimum Gasteiger partial charge on any atom is -0.315 e. The number of carbonyl (C=O) groups excluding carboxylic acids is 1. The summed E-state index contributed by atoms with van der Waals surface area (Å²) in [5.41, 5.74) is 4.74. The zero-order valence-electron chi connectivity index (χ0n) is 24.5. The second-order valence-corrected chi connectivity index (χ2v) is 10.5. The summed E-state index contributed by atoms with van der Waals surface area (Å²) < 4.78 is 19.0. The molecule has 2 aromatic carbocycles. The monoisotopic (exact) mass is 592 g/mol. The van der Waals surface area contributed by atoms with E-state index < -0.39 is 11.6 Å². The van der Waals surface area contributed by atoms with Gasteiger partial charge in [-0.05, 0) is 72.8 Å². The third-order valence-electron chi connectivity index (χ3n) is 7.52. The van der Waals surface area contributed by atoms with Crippen molar-refractivity contribution in [3.05, 3.63) is 101 Å². The number of benzene rings is 2. The van der Waals surface area contributed by atoms with Crippen molar-refractivity contribution in [2.75, 3.05) is 12.4 Å². The van der Waals surface area contributed by atoms with Gasteiger partial charge in [0.25, 0.3) is 5.56 Å². The van der Waals surface area contributed by atoms with Gasteiger partial charge < -0.3 is 15.2 Å². The van der Waals surface area contributed by atoms with Crippen molar-refractivity contribution in [3.63, 3.8) is 0 Å². The molecule has 0 saturated heterocycles. The molecule has 0 aliphatic heterocycles. The molecule has 222 valence electrons. The highest BCUT2D eigenvalue weighted by Crippen LogP contribution is 2.27. The summed E-state index contributed by atoms with van der Waals surface area (Å²) >= 11 is 0. The van der Waals surface area contributed by atoms with E-state index in [1.165, 1.54) is 12.1 Å². The first kappa shape index (κ1) is 28.6. The quantitative estimate of drug-likeness (QED) is 0.274. The smallest absolute Gasteiger partial charge is 0.294 e. The van der Waals surface area contributed by atoms with Gasteiger partial charge >= 0.3 is 0 Å². The molecule has 0 unspecified atom stereocenters. The molecule has 4 aromatic heterocycles. The zero-order chi connectivity index (χ0) is 31.0. The van der Waals surface area contributed by atoms with Gasteiger partial charge in [-0.25, -0.2) is 14.1 Å². The van der Waals surface area contributed by atoms with Crippen LogP contribution in [0.2, 0.25) is 0 Å². The van der Waals surface area contributed by atoms with Crippen LogP contribution in [0.25, 0.3) is 39.2 Å². The van der Waals surface area contributed by atoms with Gasteiger partial charge in [0, 0.05) is 36.0 Å². The lowest BCUT2D eigenvalue weighted by Crippen LogP contribution is -2.38. The third-order valence-corrected chi connectivity index (χ3v) is 7.52. The molecule has 0 fully saturated rings. The first-order chi connectivity index (χ1) is 21.2. The molecule has 0 spiro atoms. The number of pyridine rings is 1. The fraction of sp³-hybridized carbons (Fsp3) is 0.194. The molecule has 1 amide bonds. The van der Waals surface area contributed by atoms with E-state index in [9.17, 15) is 14.0 Å². The van der Waals surface area contributed by atoms with Crippen LogP contribution in [0.3, 0.4) is 0 Å². The molecule has 0 saturated carbocycles. The van der Waals surface area contributed by atoms with Gasteiger partial charge in [-0.3, -0.25) is 19.1 Å². The third kappa shape index (κ3) is 5.36. The van der Waals surface area contributed by atoms with Gasteiger partial charge in [-0.2, -0.15) is 0 Å². The fourth-order valence-electron chi connectivity index (χ4n) is 5.06. The van der Waals surface area contributed by atoms with E-state index in [0.29, 0.717) is 17.1 Å². The highest BCUT2D eigenvalue weighted by molar-refractivity contribution is 5.93. The van der Waals surface area contributed by atoms with Crippen LogP contribution >= 0.6 is 0 Å². The molecule has 6 aromatic rings. The predicted molar refractivity (Wildman–Crippen MR) is 164 cm³/mol. The Balaban J connectivity index is 1.45. The summed E-state index contributed by atoms with van der Waals surface area (Å²) in [4.78, 5) is 35.4. The van der Waals surface area contributed by atoms with Crippen molar-refractivity contribution >= 4 is 22.6 Å². The number of tetrazole rings is 1. The number of nitrogens with zero attached hydrogens (tertiary/aromatic N) is 8. The molecular formula is C31H29FN10O2. The maximum Gasteiger partial charge on any atom is 0.294 e. The van der Waals surface area contributed by atoms with Crippen LogP contribution in [0.15, 0.2) is 78.1 Å². The van der Waals surface area contributed by atoms with Crippen LogP contribution < -0.4 is 16.2 Å². The molecular weight excluding hydrogens is 563 g/mol. The molecule has 0 radical (unpaired) electrons. The lowest BCUT2D eigenvalue weighted by molar-refractivity contribution is -0.117. The molecule has 6 rings (SSSR count). The van der Waals surface area contributed by atoms with Gasteiger partial charge in [0.1, 0.15) is 5.82 Å². The van der Waals surface area contributed by atoms with Crippen LogP contribution in [0.1, 0.15) is 18.1 Å². The fourth-order valence-corrected chi connectivity index (χ4v) is 5.06. The van der Waals surface area contributed by atoms with E-state index in [0.717, 1.165) is 33.3 Å². The summed E-state index contributed by atoms with van der Waals surface area (Å²) in [6.45, 7) is 3.74. The van der Waals surface area contributed by atoms with Crippen LogP contribution in [-0.2, 0) is 18.4 Å². The summed E-state index contributed by atoms with van der Waals surface area (Å²) in [5.74, 6) is -0.221. The van der Waals surface area contributed by atoms with Crippen LogP contribution in [0.5, 0.6) is 0 Å². The number of halogens is 1. The van der Waals surface area contributed by atoms with Crippen molar-refractivity contribution in [1.82, 2.24) is 44.6 Å². The molecule has 1 atom stereocenters. The number of nitrogens with one attached hydrogen (secondary N) is 2. The molecule has 44 heavy (non-hydrogen) atoms. The zero-order valence-corrected chi connectivity index (χ0v) is 24.5. The molecule has 0 aliphatic carbocycles. The number of fused-ring (bicyclic) bond motifs is 1. The molecule has 0 aliphatic rings. The van der Waals surface area contributed by atoms with E-state index >= 15 is 0 Å².